The average molecular weight is 260 g/mol. The number of rotatable bonds is 2. The van der Waals surface area contributed by atoms with Crippen molar-refractivity contribution in [1.82, 2.24) is 0 Å². The highest BCUT2D eigenvalue weighted by Gasteiger charge is 2.44. The molecule has 0 saturated heterocycles. The van der Waals surface area contributed by atoms with E-state index in [9.17, 15) is 9.59 Å². The van der Waals surface area contributed by atoms with Gasteiger partial charge in [-0.2, -0.15) is 0 Å². The van der Waals surface area contributed by atoms with Crippen LogP contribution in [-0.4, -0.2) is 25.8 Å². The Kier molecular flexibility index (Phi) is 2.81. The van der Waals surface area contributed by atoms with Gasteiger partial charge >= 0.3 is 0 Å². The summed E-state index contributed by atoms with van der Waals surface area (Å²) in [6.07, 6.45) is 1.82. The molecule has 0 amide bonds. The van der Waals surface area contributed by atoms with E-state index < -0.39 is 0 Å². The number of carbonyl (C=O) groups excluding carboxylic acids is 2. The summed E-state index contributed by atoms with van der Waals surface area (Å²) in [5.74, 6) is 1.19. The highest BCUT2D eigenvalue weighted by molar-refractivity contribution is 6.07. The zero-order valence-electron chi connectivity index (χ0n) is 11.1. The van der Waals surface area contributed by atoms with Gasteiger partial charge in [0.15, 0.2) is 5.78 Å². The van der Waals surface area contributed by atoms with Gasteiger partial charge in [0.2, 0.25) is 0 Å². The molecule has 0 bridgehead atoms. The Balaban J connectivity index is 2.13. The van der Waals surface area contributed by atoms with Crippen LogP contribution < -0.4 is 9.47 Å². The van der Waals surface area contributed by atoms with Gasteiger partial charge in [0.25, 0.3) is 0 Å². The van der Waals surface area contributed by atoms with Gasteiger partial charge in [0.05, 0.1) is 19.8 Å². The minimum atomic E-state index is -0.151. The minimum Gasteiger partial charge on any atom is -0.497 e. The highest BCUT2D eigenvalue weighted by Crippen LogP contribution is 2.43. The van der Waals surface area contributed by atoms with Crippen molar-refractivity contribution in [2.24, 2.45) is 11.8 Å². The van der Waals surface area contributed by atoms with Gasteiger partial charge < -0.3 is 9.47 Å². The second-order valence-corrected chi connectivity index (χ2v) is 5.15. The van der Waals surface area contributed by atoms with Crippen molar-refractivity contribution in [2.75, 3.05) is 14.2 Å². The first-order chi connectivity index (χ1) is 9.15. The van der Waals surface area contributed by atoms with Crippen molar-refractivity contribution in [3.63, 3.8) is 0 Å². The van der Waals surface area contributed by atoms with Crippen molar-refractivity contribution in [1.29, 1.82) is 0 Å². The fourth-order valence-corrected chi connectivity index (χ4v) is 3.27. The molecule has 1 fully saturated rings. The highest BCUT2D eigenvalue weighted by atomic mass is 16.5. The fourth-order valence-electron chi connectivity index (χ4n) is 3.27. The molecule has 2 aliphatic rings. The maximum Gasteiger partial charge on any atom is 0.170 e. The van der Waals surface area contributed by atoms with Crippen molar-refractivity contribution in [3.8, 4) is 11.5 Å². The summed E-state index contributed by atoms with van der Waals surface area (Å²) in [4.78, 5) is 24.4. The summed E-state index contributed by atoms with van der Waals surface area (Å²) < 4.78 is 10.5. The third kappa shape index (κ3) is 1.74. The molecule has 19 heavy (non-hydrogen) atoms. The van der Waals surface area contributed by atoms with Crippen LogP contribution in [0.2, 0.25) is 0 Å². The summed E-state index contributed by atoms with van der Waals surface area (Å²) in [6.45, 7) is 0. The molecule has 0 radical (unpaired) electrons. The summed E-state index contributed by atoms with van der Waals surface area (Å²) in [5.41, 5.74) is 1.51. The van der Waals surface area contributed by atoms with E-state index in [0.29, 0.717) is 36.3 Å². The second kappa shape index (κ2) is 4.37. The number of benzene rings is 1. The predicted octanol–water partition coefficient (Wildman–Crippen LogP) is 2.04. The standard InChI is InChI=1S/C15H16O4/c1-18-9-5-8-6-11-10(3-4-12(11)16)15(17)14(8)13(7-9)19-2/h5,7,10-11H,3-4,6H2,1-2H3/t10-,11+/m1/s1. The van der Waals surface area contributed by atoms with Crippen LogP contribution in [0.3, 0.4) is 0 Å². The molecule has 0 N–H and O–H groups in total. The lowest BCUT2D eigenvalue weighted by atomic mass is 9.76. The van der Waals surface area contributed by atoms with Crippen LogP contribution in [0.25, 0.3) is 0 Å². The normalized spacial score (nSPS) is 24.9. The number of ketones is 2. The SMILES string of the molecule is COc1cc2c(c(OC)c1)C(=O)[C@@H]1CCC(=O)[C@H]1C2. The first-order valence-electron chi connectivity index (χ1n) is 6.47. The number of Topliss-reactive ketones (excluding diaryl/α,β-unsaturated/α-hetero) is 2. The first kappa shape index (κ1) is 12.2. The summed E-state index contributed by atoms with van der Waals surface area (Å²) in [5, 5.41) is 0. The molecular weight excluding hydrogens is 244 g/mol. The Morgan fingerprint density at radius 2 is 1.89 bits per heavy atom. The summed E-state index contributed by atoms with van der Waals surface area (Å²) >= 11 is 0. The van der Waals surface area contributed by atoms with Crippen molar-refractivity contribution >= 4 is 11.6 Å². The van der Waals surface area contributed by atoms with Crippen LogP contribution in [0.1, 0.15) is 28.8 Å². The monoisotopic (exact) mass is 260 g/mol. The van der Waals surface area contributed by atoms with E-state index >= 15 is 0 Å². The molecule has 0 heterocycles. The Morgan fingerprint density at radius 1 is 1.11 bits per heavy atom. The molecular formula is C15H16O4. The van der Waals surface area contributed by atoms with E-state index in [4.69, 9.17) is 9.47 Å². The third-order valence-electron chi connectivity index (χ3n) is 4.24. The predicted molar refractivity (Wildman–Crippen MR) is 68.8 cm³/mol. The molecule has 0 aromatic heterocycles. The largest absolute Gasteiger partial charge is 0.497 e. The molecule has 4 nitrogen and oxygen atoms in total. The topological polar surface area (TPSA) is 52.6 Å². The van der Waals surface area contributed by atoms with Gasteiger partial charge in [-0.1, -0.05) is 0 Å². The van der Waals surface area contributed by atoms with Gasteiger partial charge in [0, 0.05) is 24.3 Å². The zero-order chi connectivity index (χ0) is 13.6. The molecule has 3 rings (SSSR count). The zero-order valence-corrected chi connectivity index (χ0v) is 11.1. The molecule has 2 aliphatic carbocycles. The van der Waals surface area contributed by atoms with E-state index in [0.717, 1.165) is 5.56 Å². The average Bonchev–Trinajstić information content (AvgIpc) is 2.79. The molecule has 2 atom stereocenters. The number of carbonyl (C=O) groups is 2. The maximum atomic E-state index is 12.6. The third-order valence-corrected chi connectivity index (χ3v) is 4.24. The van der Waals surface area contributed by atoms with E-state index in [1.165, 1.54) is 0 Å². The van der Waals surface area contributed by atoms with E-state index in [-0.39, 0.29) is 23.4 Å². The van der Waals surface area contributed by atoms with Gasteiger partial charge in [-0.15, -0.1) is 0 Å². The molecule has 1 saturated carbocycles. The molecule has 100 valence electrons. The Bertz CT molecular complexity index is 562. The fraction of sp³-hybridized carbons (Fsp3) is 0.467. The molecule has 0 spiro atoms. The molecule has 1 aromatic carbocycles. The summed E-state index contributed by atoms with van der Waals surface area (Å²) in [7, 11) is 3.13. The number of ether oxygens (including phenoxy) is 2. The van der Waals surface area contributed by atoms with Gasteiger partial charge in [-0.3, -0.25) is 9.59 Å². The van der Waals surface area contributed by atoms with Gasteiger partial charge in [-0.25, -0.2) is 0 Å². The second-order valence-electron chi connectivity index (χ2n) is 5.15. The van der Waals surface area contributed by atoms with Crippen LogP contribution >= 0.6 is 0 Å². The lowest BCUT2D eigenvalue weighted by molar-refractivity contribution is -0.121. The number of methoxy groups -OCH3 is 2. The van der Waals surface area contributed by atoms with Crippen LogP contribution in [0, 0.1) is 11.8 Å². The maximum absolute atomic E-state index is 12.6. The molecule has 0 aliphatic heterocycles. The van der Waals surface area contributed by atoms with Crippen molar-refractivity contribution < 1.29 is 19.1 Å². The van der Waals surface area contributed by atoms with Crippen molar-refractivity contribution in [3.05, 3.63) is 23.3 Å². The Labute approximate surface area is 111 Å². The lowest BCUT2D eigenvalue weighted by Crippen LogP contribution is -2.31. The van der Waals surface area contributed by atoms with E-state index in [1.54, 1.807) is 20.3 Å². The van der Waals surface area contributed by atoms with Crippen LogP contribution in [0.5, 0.6) is 11.5 Å². The first-order valence-corrected chi connectivity index (χ1v) is 6.47. The Hall–Kier alpha value is -1.84. The number of fused-ring (bicyclic) bond motifs is 2. The van der Waals surface area contributed by atoms with Crippen LogP contribution in [-0.2, 0) is 11.2 Å². The van der Waals surface area contributed by atoms with Gasteiger partial charge in [0.1, 0.15) is 17.3 Å². The van der Waals surface area contributed by atoms with E-state index in [2.05, 4.69) is 0 Å². The smallest absolute Gasteiger partial charge is 0.170 e. The van der Waals surface area contributed by atoms with E-state index in [1.807, 2.05) is 6.07 Å². The molecule has 0 unspecified atom stereocenters. The van der Waals surface area contributed by atoms with Crippen LogP contribution in [0.15, 0.2) is 12.1 Å². The quantitative estimate of drug-likeness (QED) is 0.816. The van der Waals surface area contributed by atoms with Gasteiger partial charge in [-0.05, 0) is 24.5 Å². The lowest BCUT2D eigenvalue weighted by Gasteiger charge is -2.27. The summed E-state index contributed by atoms with van der Waals surface area (Å²) in [6, 6.07) is 3.57. The van der Waals surface area contributed by atoms with Crippen molar-refractivity contribution in [2.45, 2.75) is 19.3 Å². The Morgan fingerprint density at radius 3 is 2.58 bits per heavy atom. The van der Waals surface area contributed by atoms with Crippen LogP contribution in [0.4, 0.5) is 0 Å². The minimum absolute atomic E-state index is 0.0524. The number of hydrogen-bond acceptors (Lipinski definition) is 4. The molecule has 4 heteroatoms. The number of hydrogen-bond donors (Lipinski definition) is 0. The molecule has 1 aromatic rings.